The van der Waals surface area contributed by atoms with Gasteiger partial charge in [0.25, 0.3) is 0 Å². The van der Waals surface area contributed by atoms with Gasteiger partial charge in [-0.05, 0) is 56.7 Å². The van der Waals surface area contributed by atoms with Gasteiger partial charge >= 0.3 is 6.03 Å². The van der Waals surface area contributed by atoms with Crippen molar-refractivity contribution in [1.29, 1.82) is 0 Å². The molecule has 3 aliphatic rings. The number of pyridine rings is 1. The van der Waals surface area contributed by atoms with Gasteiger partial charge in [0.15, 0.2) is 11.5 Å². The van der Waals surface area contributed by atoms with Crippen LogP contribution in [0.2, 0.25) is 0 Å². The number of likely N-dealkylation sites (N-methyl/N-ethyl adjacent to an activating group) is 1. The molecule has 3 fully saturated rings. The van der Waals surface area contributed by atoms with Crippen LogP contribution >= 0.6 is 0 Å². The number of fused-ring (bicyclic) bond motifs is 1. The molecule has 42 heavy (non-hydrogen) atoms. The summed E-state index contributed by atoms with van der Waals surface area (Å²) in [4.78, 5) is 62.5. The van der Waals surface area contributed by atoms with Crippen molar-refractivity contribution in [2.75, 3.05) is 29.1 Å². The monoisotopic (exact) mass is 567 g/mol. The van der Waals surface area contributed by atoms with Crippen LogP contribution in [0.5, 0.6) is 0 Å². The van der Waals surface area contributed by atoms with E-state index in [1.807, 2.05) is 32.2 Å². The summed E-state index contributed by atoms with van der Waals surface area (Å²) in [6, 6.07) is 4.68. The molecule has 14 heteroatoms. The maximum atomic E-state index is 12.9. The molecule has 2 saturated carbocycles. The first-order valence-corrected chi connectivity index (χ1v) is 13.9. The lowest BCUT2D eigenvalue weighted by molar-refractivity contribution is -0.124. The third-order valence-corrected chi connectivity index (χ3v) is 7.92. The topological polar surface area (TPSA) is 164 Å². The number of imide groups is 1. The smallest absolute Gasteiger partial charge is 0.331 e. The molecular weight excluding hydrogens is 538 g/mol. The minimum atomic E-state index is -0.384. The Hall–Kier alpha value is -5.01. The zero-order valence-electron chi connectivity index (χ0n) is 23.4. The average molecular weight is 568 g/mol. The van der Waals surface area contributed by atoms with E-state index in [1.54, 1.807) is 16.8 Å². The molecule has 1 aliphatic heterocycles. The molecule has 2 unspecified atom stereocenters. The number of rotatable bonds is 8. The Morgan fingerprint density at radius 3 is 2.64 bits per heavy atom. The van der Waals surface area contributed by atoms with Crippen molar-refractivity contribution >= 4 is 40.8 Å². The summed E-state index contributed by atoms with van der Waals surface area (Å²) in [5.74, 6) is 1.85. The number of hydrogen-bond acceptors (Lipinski definition) is 10. The van der Waals surface area contributed by atoms with Crippen LogP contribution in [0.4, 0.5) is 22.1 Å². The van der Waals surface area contributed by atoms with E-state index in [0.29, 0.717) is 47.0 Å². The predicted octanol–water partition coefficient (Wildman–Crippen LogP) is 2.81. The van der Waals surface area contributed by atoms with Gasteiger partial charge in [0, 0.05) is 43.0 Å². The van der Waals surface area contributed by atoms with Crippen LogP contribution in [0.15, 0.2) is 36.9 Å². The number of urea groups is 1. The van der Waals surface area contributed by atoms with Gasteiger partial charge in [0.2, 0.25) is 11.8 Å². The molecule has 1 saturated heterocycles. The van der Waals surface area contributed by atoms with Gasteiger partial charge in [-0.1, -0.05) is 0 Å². The zero-order chi connectivity index (χ0) is 29.1. The second kappa shape index (κ2) is 9.82. The van der Waals surface area contributed by atoms with Gasteiger partial charge in [-0.2, -0.15) is 0 Å². The number of amides is 4. The summed E-state index contributed by atoms with van der Waals surface area (Å²) in [6.07, 6.45) is 7.87. The number of aromatic nitrogens is 7. The van der Waals surface area contributed by atoms with E-state index < -0.39 is 0 Å². The molecule has 3 atom stereocenters. The Bertz CT molecular complexity index is 1750. The number of carbonyl (C=O) groups excluding carboxylic acids is 3. The fraction of sp³-hybridized carbons (Fsp3) is 0.393. The Morgan fingerprint density at radius 2 is 1.90 bits per heavy atom. The number of nitrogens with one attached hydrogen (secondary N) is 2. The maximum Gasteiger partial charge on any atom is 0.331 e. The lowest BCUT2D eigenvalue weighted by Gasteiger charge is -2.16. The van der Waals surface area contributed by atoms with Gasteiger partial charge in [0.1, 0.15) is 30.3 Å². The molecular formula is C28H29N11O3. The van der Waals surface area contributed by atoms with Crippen molar-refractivity contribution in [2.45, 2.75) is 51.0 Å². The van der Waals surface area contributed by atoms with Crippen LogP contribution in [0.25, 0.3) is 5.65 Å². The van der Waals surface area contributed by atoms with E-state index in [1.165, 1.54) is 18.3 Å². The fourth-order valence-corrected chi connectivity index (χ4v) is 5.24. The SMILES string of the molecule is Cc1ccnc(C2CC2C(=O)Nc2cc(N[C@@H](C)c3nc4c(N5CC(=O)N(C)C5=O)cc(C5CC5)cn4n3)ncn2)n1. The highest BCUT2D eigenvalue weighted by Gasteiger charge is 2.46. The summed E-state index contributed by atoms with van der Waals surface area (Å²) in [6.45, 7) is 3.76. The molecule has 4 amide bonds. The predicted molar refractivity (Wildman–Crippen MR) is 151 cm³/mol. The van der Waals surface area contributed by atoms with E-state index in [2.05, 4.69) is 30.6 Å². The maximum absolute atomic E-state index is 12.9. The first-order valence-electron chi connectivity index (χ1n) is 13.9. The third-order valence-electron chi connectivity index (χ3n) is 7.92. The standard InChI is InChI=1S/C28H29N11O3/c1-14-6-7-29-25(32-14)18-9-19(18)27(41)34-22-10-21(30-13-31-22)33-15(2)24-35-26-20(38-12-23(40)37(3)28(38)42)8-17(16-4-5-16)11-39(26)36-24/h6-8,10-11,13,15-16,18-19H,4-5,9,12H2,1-3H3,(H2,30,31,33,34,41)/t15-,18?,19?/m0/s1. The molecule has 0 spiro atoms. The van der Waals surface area contributed by atoms with E-state index in [0.717, 1.165) is 29.0 Å². The number of hydrogen-bond donors (Lipinski definition) is 2. The van der Waals surface area contributed by atoms with E-state index in [4.69, 9.17) is 10.1 Å². The van der Waals surface area contributed by atoms with E-state index >= 15 is 0 Å². The molecule has 4 aromatic heterocycles. The Labute approximate surface area is 240 Å². The Kier molecular flexibility index (Phi) is 6.06. The molecule has 5 heterocycles. The summed E-state index contributed by atoms with van der Waals surface area (Å²) < 4.78 is 1.68. The molecule has 14 nitrogen and oxygen atoms in total. The Morgan fingerprint density at radius 1 is 1.10 bits per heavy atom. The summed E-state index contributed by atoms with van der Waals surface area (Å²) >= 11 is 0. The summed E-state index contributed by atoms with van der Waals surface area (Å²) in [5, 5.41) is 10.9. The molecule has 2 aliphatic carbocycles. The van der Waals surface area contributed by atoms with Crippen LogP contribution in [-0.4, -0.2) is 70.9 Å². The molecule has 214 valence electrons. The van der Waals surface area contributed by atoms with Gasteiger partial charge in [-0.3, -0.25) is 19.4 Å². The minimum Gasteiger partial charge on any atom is -0.360 e. The zero-order valence-corrected chi connectivity index (χ0v) is 23.4. The molecule has 0 bridgehead atoms. The second-order valence-electron chi connectivity index (χ2n) is 11.1. The van der Waals surface area contributed by atoms with Crippen LogP contribution < -0.4 is 15.5 Å². The van der Waals surface area contributed by atoms with Crippen molar-refractivity contribution < 1.29 is 14.4 Å². The van der Waals surface area contributed by atoms with Crippen LogP contribution in [0.3, 0.4) is 0 Å². The van der Waals surface area contributed by atoms with Crippen molar-refractivity contribution in [3.63, 3.8) is 0 Å². The Balaban J connectivity index is 1.08. The van der Waals surface area contributed by atoms with Gasteiger partial charge in [-0.15, -0.1) is 5.10 Å². The first-order chi connectivity index (χ1) is 20.2. The molecule has 2 N–H and O–H groups in total. The number of nitrogens with zero attached hydrogens (tertiary/aromatic N) is 9. The summed E-state index contributed by atoms with van der Waals surface area (Å²) in [5.41, 5.74) is 2.99. The van der Waals surface area contributed by atoms with Crippen LogP contribution in [-0.2, 0) is 9.59 Å². The normalized spacial score (nSPS) is 20.7. The van der Waals surface area contributed by atoms with Crippen molar-refractivity contribution in [1.82, 2.24) is 39.4 Å². The molecule has 4 aromatic rings. The van der Waals surface area contributed by atoms with Crippen LogP contribution in [0, 0.1) is 12.8 Å². The fourth-order valence-electron chi connectivity index (χ4n) is 5.24. The largest absolute Gasteiger partial charge is 0.360 e. The van der Waals surface area contributed by atoms with Gasteiger partial charge < -0.3 is 10.6 Å². The van der Waals surface area contributed by atoms with Gasteiger partial charge in [0.05, 0.1) is 11.7 Å². The molecule has 7 rings (SSSR count). The molecule has 0 radical (unpaired) electrons. The number of carbonyl (C=O) groups is 3. The third kappa shape index (κ3) is 4.78. The van der Waals surface area contributed by atoms with Crippen molar-refractivity contribution in [2.24, 2.45) is 5.92 Å². The van der Waals surface area contributed by atoms with E-state index in [-0.39, 0.29) is 42.3 Å². The highest BCUT2D eigenvalue weighted by molar-refractivity contribution is 6.13. The van der Waals surface area contributed by atoms with Gasteiger partial charge in [-0.25, -0.2) is 34.2 Å². The van der Waals surface area contributed by atoms with E-state index in [9.17, 15) is 14.4 Å². The number of aryl methyl sites for hydroxylation is 1. The highest BCUT2D eigenvalue weighted by Crippen LogP contribution is 2.46. The van der Waals surface area contributed by atoms with Crippen molar-refractivity contribution in [3.05, 3.63) is 59.8 Å². The van der Waals surface area contributed by atoms with Crippen LogP contribution in [0.1, 0.15) is 67.0 Å². The lowest BCUT2D eigenvalue weighted by atomic mass is 10.1. The highest BCUT2D eigenvalue weighted by atomic mass is 16.2. The average Bonchev–Trinajstić information content (AvgIpc) is 3.90. The molecule has 0 aromatic carbocycles. The quantitative estimate of drug-likeness (QED) is 0.303. The van der Waals surface area contributed by atoms with Crippen molar-refractivity contribution in [3.8, 4) is 0 Å². The second-order valence-corrected chi connectivity index (χ2v) is 11.1. The minimum absolute atomic E-state index is 0.00479. The number of anilines is 3. The first kappa shape index (κ1) is 25.9. The summed E-state index contributed by atoms with van der Waals surface area (Å²) in [7, 11) is 1.48. The lowest BCUT2D eigenvalue weighted by Crippen LogP contribution is -2.30.